The van der Waals surface area contributed by atoms with Gasteiger partial charge < -0.3 is 9.63 Å². The highest BCUT2D eigenvalue weighted by Crippen LogP contribution is 1.83. The molecule has 6 heteroatoms. The van der Waals surface area contributed by atoms with Crippen molar-refractivity contribution < 1.29 is 14.4 Å². The Hall–Kier alpha value is -1.59. The molecule has 0 bridgehead atoms. The molecule has 0 aromatic carbocycles. The molecule has 0 saturated carbocycles. The number of aromatic nitrogens is 2. The zero-order valence-corrected chi connectivity index (χ0v) is 4.12. The van der Waals surface area contributed by atoms with E-state index in [2.05, 4.69) is 9.51 Å². The zero-order chi connectivity index (χ0) is 6.85. The average Bonchev–Trinajstić information content (AvgIpc) is 2.14. The number of carboxylic acid groups (broad SMARTS) is 1. The first-order valence-corrected chi connectivity index (χ1v) is 1.99. The number of hydrogen-bond donors (Lipinski definition) is 2. The van der Waals surface area contributed by atoms with Crippen molar-refractivity contribution in [3.63, 3.8) is 0 Å². The average molecular weight is 130 g/mol. The predicted octanol–water partition coefficient (Wildman–Crippen LogP) is -0.939. The van der Waals surface area contributed by atoms with Crippen LogP contribution in [0.25, 0.3) is 0 Å². The van der Waals surface area contributed by atoms with Crippen LogP contribution in [0.5, 0.6) is 0 Å². The molecule has 1 rings (SSSR count). The van der Waals surface area contributed by atoms with E-state index in [9.17, 15) is 9.59 Å². The van der Waals surface area contributed by atoms with Gasteiger partial charge in [-0.15, -0.1) is 4.98 Å². The number of nitrogens with zero attached hydrogens (tertiary/aromatic N) is 1. The van der Waals surface area contributed by atoms with E-state index in [0.29, 0.717) is 0 Å². The largest absolute Gasteiger partial charge is 0.474 e. The van der Waals surface area contributed by atoms with Gasteiger partial charge in [0.1, 0.15) is 0 Å². The summed E-state index contributed by atoms with van der Waals surface area (Å²) in [7, 11) is 0. The summed E-state index contributed by atoms with van der Waals surface area (Å²) in [4.78, 5) is 22.9. The van der Waals surface area contributed by atoms with Gasteiger partial charge >= 0.3 is 17.5 Å². The van der Waals surface area contributed by atoms with Crippen molar-refractivity contribution >= 4 is 5.97 Å². The molecule has 0 atom stereocenters. The molecule has 0 aliphatic heterocycles. The molecule has 0 fully saturated rings. The summed E-state index contributed by atoms with van der Waals surface area (Å²) < 4.78 is 4.08. The molecule has 0 radical (unpaired) electrons. The maximum absolute atomic E-state index is 10.1. The zero-order valence-electron chi connectivity index (χ0n) is 4.12. The van der Waals surface area contributed by atoms with Crippen LogP contribution in [0.4, 0.5) is 0 Å². The van der Waals surface area contributed by atoms with Gasteiger partial charge in [0.2, 0.25) is 0 Å². The van der Waals surface area contributed by atoms with Crippen LogP contribution in [0.15, 0.2) is 9.32 Å². The Morgan fingerprint density at radius 3 is 2.67 bits per heavy atom. The fourth-order valence-electron chi connectivity index (χ4n) is 0.321. The molecule has 0 spiro atoms. The first kappa shape index (κ1) is 5.54. The minimum Gasteiger partial charge on any atom is -0.474 e. The number of carboxylic acids is 1. The van der Waals surface area contributed by atoms with Crippen LogP contribution in [0, 0.1) is 0 Å². The summed E-state index contributed by atoms with van der Waals surface area (Å²) in [6.07, 6.45) is 0. The van der Waals surface area contributed by atoms with E-state index in [1.54, 1.807) is 5.16 Å². The summed E-state index contributed by atoms with van der Waals surface area (Å²) in [6, 6.07) is 0. The maximum atomic E-state index is 10.1. The van der Waals surface area contributed by atoms with Gasteiger partial charge in [-0.1, -0.05) is 0 Å². The Labute approximate surface area is 48.1 Å². The highest BCUT2D eigenvalue weighted by atomic mass is 16.5. The summed E-state index contributed by atoms with van der Waals surface area (Å²) in [6.45, 7) is 0. The summed E-state index contributed by atoms with van der Waals surface area (Å²) in [5, 5.41) is 9.81. The van der Waals surface area contributed by atoms with Crippen molar-refractivity contribution in [1.29, 1.82) is 0 Å². The number of rotatable bonds is 1. The highest BCUT2D eigenvalue weighted by Gasteiger charge is 2.08. The predicted molar refractivity (Wildman–Crippen MR) is 24.1 cm³/mol. The number of hydrogen-bond acceptors (Lipinski definition) is 4. The van der Waals surface area contributed by atoms with Crippen molar-refractivity contribution in [3.8, 4) is 0 Å². The second-order valence-electron chi connectivity index (χ2n) is 1.23. The molecular weight excluding hydrogens is 128 g/mol. The third-order valence-electron chi connectivity index (χ3n) is 0.621. The van der Waals surface area contributed by atoms with E-state index >= 15 is 0 Å². The summed E-state index contributed by atoms with van der Waals surface area (Å²) >= 11 is 0. The molecular formula is C3H2N2O4. The quantitative estimate of drug-likeness (QED) is 0.511. The number of aromatic amines is 1. The molecule has 0 amide bonds. The van der Waals surface area contributed by atoms with Gasteiger partial charge in [-0.05, 0) is 0 Å². The SMILES string of the molecule is O=C(O)c1nc(=O)[nH]o1. The molecule has 0 saturated heterocycles. The van der Waals surface area contributed by atoms with Crippen LogP contribution >= 0.6 is 0 Å². The highest BCUT2D eigenvalue weighted by molar-refractivity contribution is 5.81. The van der Waals surface area contributed by atoms with Crippen molar-refractivity contribution in [2.75, 3.05) is 0 Å². The molecule has 0 unspecified atom stereocenters. The van der Waals surface area contributed by atoms with Gasteiger partial charge in [-0.25, -0.2) is 9.59 Å². The maximum Gasteiger partial charge on any atom is 0.394 e. The monoisotopic (exact) mass is 130 g/mol. The van der Waals surface area contributed by atoms with Gasteiger partial charge in [-0.3, -0.25) is 0 Å². The van der Waals surface area contributed by atoms with E-state index < -0.39 is 17.5 Å². The molecule has 0 aliphatic carbocycles. The number of aromatic carboxylic acids is 1. The normalized spacial score (nSPS) is 9.33. The third kappa shape index (κ3) is 0.958. The third-order valence-corrected chi connectivity index (χ3v) is 0.621. The van der Waals surface area contributed by atoms with Gasteiger partial charge in [0.05, 0.1) is 0 Å². The van der Waals surface area contributed by atoms with E-state index in [4.69, 9.17) is 5.11 Å². The summed E-state index contributed by atoms with van der Waals surface area (Å²) in [5.41, 5.74) is -0.799. The minimum atomic E-state index is -1.37. The molecule has 2 N–H and O–H groups in total. The van der Waals surface area contributed by atoms with Crippen LogP contribution in [-0.2, 0) is 0 Å². The minimum absolute atomic E-state index is 0.625. The van der Waals surface area contributed by atoms with Gasteiger partial charge in [0, 0.05) is 0 Å². The first-order chi connectivity index (χ1) is 4.20. The Morgan fingerprint density at radius 1 is 1.78 bits per heavy atom. The molecule has 0 aliphatic rings. The van der Waals surface area contributed by atoms with Crippen LogP contribution < -0.4 is 5.69 Å². The Bertz CT molecular complexity index is 271. The van der Waals surface area contributed by atoms with Crippen LogP contribution in [0.2, 0.25) is 0 Å². The fraction of sp³-hybridized carbons (Fsp3) is 0. The van der Waals surface area contributed by atoms with E-state index in [-0.39, 0.29) is 0 Å². The van der Waals surface area contributed by atoms with E-state index in [1.165, 1.54) is 0 Å². The summed E-state index contributed by atoms with van der Waals surface area (Å²) in [5.74, 6) is -1.99. The lowest BCUT2D eigenvalue weighted by atomic mass is 10.7. The lowest BCUT2D eigenvalue weighted by Gasteiger charge is -1.75. The molecule has 1 heterocycles. The number of carbonyl (C=O) groups is 1. The molecule has 1 aromatic heterocycles. The molecule has 48 valence electrons. The van der Waals surface area contributed by atoms with Crippen LogP contribution in [-0.4, -0.2) is 21.2 Å². The van der Waals surface area contributed by atoms with Crippen molar-refractivity contribution in [2.45, 2.75) is 0 Å². The Morgan fingerprint density at radius 2 is 2.44 bits per heavy atom. The van der Waals surface area contributed by atoms with E-state index in [0.717, 1.165) is 0 Å². The smallest absolute Gasteiger partial charge is 0.394 e. The lowest BCUT2D eigenvalue weighted by Crippen LogP contribution is -2.03. The van der Waals surface area contributed by atoms with Crippen molar-refractivity contribution in [2.24, 2.45) is 0 Å². The molecule has 1 aromatic rings. The number of H-pyrrole nitrogens is 1. The second-order valence-corrected chi connectivity index (χ2v) is 1.23. The lowest BCUT2D eigenvalue weighted by molar-refractivity contribution is 0.0643. The van der Waals surface area contributed by atoms with Gasteiger partial charge in [0.15, 0.2) is 0 Å². The topological polar surface area (TPSA) is 96.2 Å². The van der Waals surface area contributed by atoms with Crippen molar-refractivity contribution in [1.82, 2.24) is 10.1 Å². The van der Waals surface area contributed by atoms with Crippen molar-refractivity contribution in [3.05, 3.63) is 16.4 Å². The number of nitrogens with one attached hydrogen (secondary N) is 1. The van der Waals surface area contributed by atoms with Crippen LogP contribution in [0.1, 0.15) is 10.7 Å². The standard InChI is InChI=1S/C3H2N2O4/c6-2(7)1-4-3(8)5-9-1/h(H,5,8)(H,6,7). The molecule has 9 heavy (non-hydrogen) atoms. The van der Waals surface area contributed by atoms with Gasteiger partial charge in [-0.2, -0.15) is 5.16 Å². The fourth-order valence-corrected chi connectivity index (χ4v) is 0.321. The Kier molecular flexibility index (Phi) is 1.07. The van der Waals surface area contributed by atoms with Crippen LogP contribution in [0.3, 0.4) is 0 Å². The second kappa shape index (κ2) is 1.73. The van der Waals surface area contributed by atoms with E-state index in [1.807, 2.05) is 0 Å². The first-order valence-electron chi connectivity index (χ1n) is 1.99. The molecule has 6 nitrogen and oxygen atoms in total. The Balaban J connectivity index is 3.12. The van der Waals surface area contributed by atoms with Gasteiger partial charge in [0.25, 0.3) is 0 Å².